The highest BCUT2D eigenvalue weighted by Crippen LogP contribution is 2.17. The number of carbonyl (C=O) groups excluding carboxylic acids is 1. The van der Waals surface area contributed by atoms with Crippen molar-refractivity contribution >= 4 is 11.9 Å². The van der Waals surface area contributed by atoms with E-state index in [9.17, 15) is 9.59 Å². The van der Waals surface area contributed by atoms with Crippen molar-refractivity contribution in [3.05, 3.63) is 36.5 Å². The topological polar surface area (TPSA) is 63.6 Å². The lowest BCUT2D eigenvalue weighted by atomic mass is 10.0. The number of ether oxygens (including phenoxy) is 1. The number of aliphatic carboxylic acids is 1. The van der Waals surface area contributed by atoms with Crippen LogP contribution in [0.2, 0.25) is 0 Å². The second kappa shape index (κ2) is 31.7. The van der Waals surface area contributed by atoms with Crippen molar-refractivity contribution in [3.63, 3.8) is 0 Å². The van der Waals surface area contributed by atoms with E-state index in [-0.39, 0.29) is 12.1 Å². The van der Waals surface area contributed by atoms with Gasteiger partial charge in [0.2, 0.25) is 0 Å². The van der Waals surface area contributed by atoms with E-state index < -0.39 is 5.97 Å². The Balaban J connectivity index is 3.69. The largest absolute Gasteiger partial charge is 0.481 e. The van der Waals surface area contributed by atoms with E-state index in [2.05, 4.69) is 50.3 Å². The third-order valence-corrected chi connectivity index (χ3v) is 7.38. The van der Waals surface area contributed by atoms with Gasteiger partial charge in [-0.3, -0.25) is 9.59 Å². The zero-order valence-electron chi connectivity index (χ0n) is 26.4. The lowest BCUT2D eigenvalue weighted by molar-refractivity contribution is -0.150. The van der Waals surface area contributed by atoms with Crippen LogP contribution in [0.3, 0.4) is 0 Å². The first-order valence-corrected chi connectivity index (χ1v) is 17.0. The quantitative estimate of drug-likeness (QED) is 0.0539. The number of carboxylic acid groups (broad SMARTS) is 1. The molecular formula is C36H64O4. The number of esters is 1. The zero-order chi connectivity index (χ0) is 29.4. The van der Waals surface area contributed by atoms with Crippen LogP contribution in [-0.4, -0.2) is 23.1 Å². The molecule has 0 aliphatic rings. The van der Waals surface area contributed by atoms with Crippen LogP contribution in [0.5, 0.6) is 0 Å². The Kier molecular flexibility index (Phi) is 30.2. The van der Waals surface area contributed by atoms with Crippen LogP contribution < -0.4 is 0 Å². The Hall–Kier alpha value is -1.84. The molecule has 0 saturated heterocycles. The van der Waals surface area contributed by atoms with Gasteiger partial charge >= 0.3 is 11.9 Å². The summed E-state index contributed by atoms with van der Waals surface area (Å²) in [4.78, 5) is 22.9. The van der Waals surface area contributed by atoms with Gasteiger partial charge in [-0.15, -0.1) is 0 Å². The summed E-state index contributed by atoms with van der Waals surface area (Å²) in [5.74, 6) is -0.685. The van der Waals surface area contributed by atoms with Crippen molar-refractivity contribution in [1.82, 2.24) is 0 Å². The fourth-order valence-electron chi connectivity index (χ4n) is 4.89. The molecule has 0 amide bonds. The van der Waals surface area contributed by atoms with E-state index in [0.29, 0.717) is 12.8 Å². The molecular weight excluding hydrogens is 496 g/mol. The van der Waals surface area contributed by atoms with Crippen molar-refractivity contribution in [3.8, 4) is 0 Å². The summed E-state index contributed by atoms with van der Waals surface area (Å²) >= 11 is 0. The van der Waals surface area contributed by atoms with E-state index in [1.165, 1.54) is 64.2 Å². The molecule has 1 N–H and O–H groups in total. The molecule has 0 radical (unpaired) electrons. The van der Waals surface area contributed by atoms with Gasteiger partial charge in [-0.05, 0) is 64.2 Å². The summed E-state index contributed by atoms with van der Waals surface area (Å²) in [7, 11) is 0. The molecule has 1 unspecified atom stereocenters. The molecule has 0 fully saturated rings. The summed E-state index contributed by atoms with van der Waals surface area (Å²) in [5.41, 5.74) is 0. The van der Waals surface area contributed by atoms with Crippen LogP contribution >= 0.6 is 0 Å². The van der Waals surface area contributed by atoms with Crippen LogP contribution in [0, 0.1) is 0 Å². The lowest BCUT2D eigenvalue weighted by Gasteiger charge is -2.18. The Morgan fingerprint density at radius 2 is 1.05 bits per heavy atom. The molecule has 40 heavy (non-hydrogen) atoms. The maximum absolute atomic E-state index is 12.4. The smallest absolute Gasteiger partial charge is 0.306 e. The number of hydrogen-bond acceptors (Lipinski definition) is 3. The van der Waals surface area contributed by atoms with Gasteiger partial charge in [0.1, 0.15) is 6.10 Å². The summed E-state index contributed by atoms with van der Waals surface area (Å²) < 4.78 is 5.87. The highest BCUT2D eigenvalue weighted by Gasteiger charge is 2.13. The third kappa shape index (κ3) is 30.7. The molecule has 0 aliphatic carbocycles. The van der Waals surface area contributed by atoms with Gasteiger partial charge in [0.25, 0.3) is 0 Å². The molecule has 0 spiro atoms. The summed E-state index contributed by atoms with van der Waals surface area (Å²) in [6, 6.07) is 0. The van der Waals surface area contributed by atoms with E-state index in [0.717, 1.165) is 83.5 Å². The first-order valence-electron chi connectivity index (χ1n) is 17.0. The fraction of sp³-hybridized carbons (Fsp3) is 0.778. The first-order chi connectivity index (χ1) is 19.6. The molecule has 4 nitrogen and oxygen atoms in total. The summed E-state index contributed by atoms with van der Waals surface area (Å²) in [6.45, 7) is 4.36. The number of carbonyl (C=O) groups is 2. The Labute approximate surface area is 248 Å². The minimum Gasteiger partial charge on any atom is -0.481 e. The first kappa shape index (κ1) is 38.2. The van der Waals surface area contributed by atoms with Crippen molar-refractivity contribution in [2.45, 2.75) is 180 Å². The van der Waals surface area contributed by atoms with Crippen molar-refractivity contribution < 1.29 is 19.4 Å². The monoisotopic (exact) mass is 560 g/mol. The summed E-state index contributed by atoms with van der Waals surface area (Å²) in [5, 5.41) is 8.68. The van der Waals surface area contributed by atoms with E-state index in [1.807, 2.05) is 0 Å². The van der Waals surface area contributed by atoms with Gasteiger partial charge in [-0.2, -0.15) is 0 Å². The normalized spacial score (nSPS) is 12.7. The number of carboxylic acids is 1. The predicted molar refractivity (Wildman–Crippen MR) is 172 cm³/mol. The average molecular weight is 561 g/mol. The van der Waals surface area contributed by atoms with Crippen molar-refractivity contribution in [2.75, 3.05) is 0 Å². The van der Waals surface area contributed by atoms with Gasteiger partial charge in [0.15, 0.2) is 0 Å². The van der Waals surface area contributed by atoms with Gasteiger partial charge in [-0.25, -0.2) is 0 Å². The summed E-state index contributed by atoms with van der Waals surface area (Å²) in [6.07, 6.45) is 40.5. The van der Waals surface area contributed by atoms with E-state index in [4.69, 9.17) is 9.84 Å². The highest BCUT2D eigenvalue weighted by molar-refractivity contribution is 5.69. The maximum Gasteiger partial charge on any atom is 0.306 e. The molecule has 0 rings (SSSR count). The van der Waals surface area contributed by atoms with Crippen molar-refractivity contribution in [1.29, 1.82) is 0 Å². The van der Waals surface area contributed by atoms with Crippen LogP contribution in [0.1, 0.15) is 174 Å². The number of allylic oxidation sites excluding steroid dienone is 6. The molecule has 0 saturated carbocycles. The second-order valence-corrected chi connectivity index (χ2v) is 11.3. The molecule has 0 heterocycles. The fourth-order valence-corrected chi connectivity index (χ4v) is 4.89. The molecule has 0 aliphatic heterocycles. The minimum absolute atomic E-state index is 0.00141. The number of hydrogen-bond donors (Lipinski definition) is 1. The Bertz CT molecular complexity index is 649. The molecule has 0 bridgehead atoms. The molecule has 0 aromatic heterocycles. The Morgan fingerprint density at radius 1 is 0.575 bits per heavy atom. The lowest BCUT2D eigenvalue weighted by Crippen LogP contribution is -2.18. The molecule has 1 atom stereocenters. The van der Waals surface area contributed by atoms with Crippen LogP contribution in [0.4, 0.5) is 0 Å². The SMILES string of the molecule is CC/C=C\C/C=C\C/C=C\CCCCCCCCCC(=O)OC(CCCC)CCCCCCCCCCC(=O)O. The van der Waals surface area contributed by atoms with Crippen LogP contribution in [0.25, 0.3) is 0 Å². The maximum atomic E-state index is 12.4. The van der Waals surface area contributed by atoms with E-state index >= 15 is 0 Å². The number of rotatable bonds is 30. The molecule has 0 aromatic carbocycles. The minimum atomic E-state index is -0.686. The second-order valence-electron chi connectivity index (χ2n) is 11.3. The Morgan fingerprint density at radius 3 is 1.62 bits per heavy atom. The van der Waals surface area contributed by atoms with Gasteiger partial charge in [-0.1, -0.05) is 134 Å². The standard InChI is InChI=1S/C36H64O4/c1-3-5-7-8-9-10-11-12-13-14-15-16-17-18-23-26-29-33-36(39)40-34(30-6-4-2)31-27-24-21-19-20-22-25-28-32-35(37)38/h5,7,9-10,12-13,34H,3-4,6,8,11,14-33H2,1-2H3,(H,37,38)/b7-5-,10-9-,13-12-. The third-order valence-electron chi connectivity index (χ3n) is 7.38. The van der Waals surface area contributed by atoms with Gasteiger partial charge in [0.05, 0.1) is 0 Å². The van der Waals surface area contributed by atoms with E-state index in [1.54, 1.807) is 0 Å². The van der Waals surface area contributed by atoms with Crippen LogP contribution in [0.15, 0.2) is 36.5 Å². The van der Waals surface area contributed by atoms with Gasteiger partial charge in [0, 0.05) is 12.8 Å². The molecule has 0 aromatic rings. The average Bonchev–Trinajstić information content (AvgIpc) is 2.94. The number of unbranched alkanes of at least 4 members (excludes halogenated alkanes) is 15. The molecule has 232 valence electrons. The van der Waals surface area contributed by atoms with Crippen molar-refractivity contribution in [2.24, 2.45) is 0 Å². The zero-order valence-corrected chi connectivity index (χ0v) is 26.4. The van der Waals surface area contributed by atoms with Gasteiger partial charge < -0.3 is 9.84 Å². The highest BCUT2D eigenvalue weighted by atomic mass is 16.5. The predicted octanol–water partition coefficient (Wildman–Crippen LogP) is 11.4. The van der Waals surface area contributed by atoms with Crippen LogP contribution in [-0.2, 0) is 14.3 Å². The molecule has 4 heteroatoms.